The number of halogens is 3. The van der Waals surface area contributed by atoms with Crippen molar-refractivity contribution in [2.45, 2.75) is 0 Å². The Morgan fingerprint density at radius 3 is 2.50 bits per heavy atom. The molecule has 0 saturated carbocycles. The molecule has 0 aliphatic carbocycles. The van der Waals surface area contributed by atoms with E-state index < -0.39 is 6.03 Å². The standard InChI is InChI=1S/C13H10BrCl2N3O/c14-9-3-1-7(17)5-12(9)19-13(20)18-8-2-4-10(15)11(16)6-8/h1-6H,17H2,(H2,18,19,20). The zero-order valence-corrected chi connectivity index (χ0v) is 13.2. The molecule has 104 valence electrons. The highest BCUT2D eigenvalue weighted by molar-refractivity contribution is 9.10. The van der Waals surface area contributed by atoms with E-state index in [0.717, 1.165) is 4.47 Å². The Labute approximate surface area is 134 Å². The molecule has 2 aromatic rings. The summed E-state index contributed by atoms with van der Waals surface area (Å²) in [6.07, 6.45) is 0. The number of hydrogen-bond donors (Lipinski definition) is 3. The van der Waals surface area contributed by atoms with E-state index in [2.05, 4.69) is 26.6 Å². The Balaban J connectivity index is 2.09. The first-order valence-corrected chi connectivity index (χ1v) is 7.08. The zero-order chi connectivity index (χ0) is 14.7. The molecule has 2 amide bonds. The van der Waals surface area contributed by atoms with Gasteiger partial charge in [0.1, 0.15) is 0 Å². The van der Waals surface area contributed by atoms with Crippen LogP contribution in [0.25, 0.3) is 0 Å². The highest BCUT2D eigenvalue weighted by atomic mass is 79.9. The Hall–Kier alpha value is -1.43. The molecule has 7 heteroatoms. The molecule has 0 bridgehead atoms. The summed E-state index contributed by atoms with van der Waals surface area (Å²) in [5.74, 6) is 0. The predicted octanol–water partition coefficient (Wildman–Crippen LogP) is 4.98. The van der Waals surface area contributed by atoms with Gasteiger partial charge in [-0.25, -0.2) is 4.79 Å². The summed E-state index contributed by atoms with van der Waals surface area (Å²) in [5, 5.41) is 6.13. The topological polar surface area (TPSA) is 67.1 Å². The van der Waals surface area contributed by atoms with E-state index in [1.165, 1.54) is 0 Å². The van der Waals surface area contributed by atoms with Crippen molar-refractivity contribution in [2.24, 2.45) is 0 Å². The zero-order valence-electron chi connectivity index (χ0n) is 10.1. The normalized spacial score (nSPS) is 10.2. The monoisotopic (exact) mass is 373 g/mol. The molecule has 0 atom stereocenters. The van der Waals surface area contributed by atoms with E-state index in [1.807, 2.05) is 0 Å². The van der Waals surface area contributed by atoms with Gasteiger partial charge in [-0.1, -0.05) is 23.2 Å². The van der Waals surface area contributed by atoms with Crippen LogP contribution >= 0.6 is 39.1 Å². The third kappa shape index (κ3) is 3.79. The molecule has 0 saturated heterocycles. The number of hydrogen-bond acceptors (Lipinski definition) is 2. The van der Waals surface area contributed by atoms with Gasteiger partial charge in [-0.15, -0.1) is 0 Å². The smallest absolute Gasteiger partial charge is 0.323 e. The Morgan fingerprint density at radius 2 is 1.80 bits per heavy atom. The van der Waals surface area contributed by atoms with Crippen LogP contribution < -0.4 is 16.4 Å². The van der Waals surface area contributed by atoms with Crippen LogP contribution in [0.15, 0.2) is 40.9 Å². The van der Waals surface area contributed by atoms with Crippen LogP contribution in [-0.4, -0.2) is 6.03 Å². The predicted molar refractivity (Wildman–Crippen MR) is 87.7 cm³/mol. The number of nitrogens with one attached hydrogen (secondary N) is 2. The molecule has 4 nitrogen and oxygen atoms in total. The van der Waals surface area contributed by atoms with Crippen molar-refractivity contribution in [3.8, 4) is 0 Å². The minimum absolute atomic E-state index is 0.370. The first kappa shape index (κ1) is 15.0. The van der Waals surface area contributed by atoms with Crippen LogP contribution in [0.3, 0.4) is 0 Å². The molecular weight excluding hydrogens is 365 g/mol. The summed E-state index contributed by atoms with van der Waals surface area (Å²) >= 11 is 15.0. The van der Waals surface area contributed by atoms with Gasteiger partial charge in [0.15, 0.2) is 0 Å². The van der Waals surface area contributed by atoms with E-state index in [0.29, 0.717) is 27.1 Å². The summed E-state index contributed by atoms with van der Waals surface area (Å²) in [7, 11) is 0. The number of nitrogen functional groups attached to an aromatic ring is 1. The lowest BCUT2D eigenvalue weighted by molar-refractivity contribution is 0.262. The van der Waals surface area contributed by atoms with Crippen molar-refractivity contribution in [1.29, 1.82) is 0 Å². The lowest BCUT2D eigenvalue weighted by Crippen LogP contribution is -2.19. The van der Waals surface area contributed by atoms with Gasteiger partial charge < -0.3 is 16.4 Å². The molecule has 0 aromatic heterocycles. The second-order valence-electron chi connectivity index (χ2n) is 3.95. The average molecular weight is 375 g/mol. The fourth-order valence-corrected chi connectivity index (χ4v) is 2.14. The molecule has 0 unspecified atom stereocenters. The van der Waals surface area contributed by atoms with Gasteiger partial charge in [0, 0.05) is 15.8 Å². The van der Waals surface area contributed by atoms with Crippen LogP contribution in [0.2, 0.25) is 10.0 Å². The van der Waals surface area contributed by atoms with E-state index in [-0.39, 0.29) is 0 Å². The van der Waals surface area contributed by atoms with Crippen LogP contribution in [0, 0.1) is 0 Å². The van der Waals surface area contributed by atoms with Crippen LogP contribution in [0.4, 0.5) is 21.9 Å². The van der Waals surface area contributed by atoms with Gasteiger partial charge in [0.25, 0.3) is 0 Å². The lowest BCUT2D eigenvalue weighted by Gasteiger charge is -2.10. The molecule has 2 rings (SSSR count). The van der Waals surface area contributed by atoms with E-state index in [9.17, 15) is 4.79 Å². The molecule has 0 fully saturated rings. The molecule has 20 heavy (non-hydrogen) atoms. The number of urea groups is 1. The van der Waals surface area contributed by atoms with Crippen molar-refractivity contribution in [3.05, 3.63) is 50.9 Å². The number of rotatable bonds is 2. The number of carbonyl (C=O) groups is 1. The van der Waals surface area contributed by atoms with Gasteiger partial charge in [-0.3, -0.25) is 0 Å². The molecule has 0 spiro atoms. The summed E-state index contributed by atoms with van der Waals surface area (Å²) in [5.41, 5.74) is 7.33. The fraction of sp³-hybridized carbons (Fsp3) is 0. The second-order valence-corrected chi connectivity index (χ2v) is 5.62. The minimum Gasteiger partial charge on any atom is -0.399 e. The van der Waals surface area contributed by atoms with Gasteiger partial charge in [-0.2, -0.15) is 0 Å². The van der Waals surface area contributed by atoms with Gasteiger partial charge >= 0.3 is 6.03 Å². The van der Waals surface area contributed by atoms with E-state index in [4.69, 9.17) is 28.9 Å². The SMILES string of the molecule is Nc1ccc(Br)c(NC(=O)Nc2ccc(Cl)c(Cl)c2)c1. The summed E-state index contributed by atoms with van der Waals surface area (Å²) < 4.78 is 0.732. The third-order valence-corrected chi connectivity index (χ3v) is 3.85. The second kappa shape index (κ2) is 6.35. The minimum atomic E-state index is -0.408. The summed E-state index contributed by atoms with van der Waals surface area (Å²) in [6, 6.07) is 9.56. The van der Waals surface area contributed by atoms with Crippen molar-refractivity contribution in [2.75, 3.05) is 16.4 Å². The van der Waals surface area contributed by atoms with Crippen molar-refractivity contribution >= 4 is 62.2 Å². The highest BCUT2D eigenvalue weighted by Crippen LogP contribution is 2.26. The summed E-state index contributed by atoms with van der Waals surface area (Å²) in [6.45, 7) is 0. The molecule has 2 aromatic carbocycles. The van der Waals surface area contributed by atoms with Gasteiger partial charge in [-0.05, 0) is 52.3 Å². The largest absolute Gasteiger partial charge is 0.399 e. The maximum atomic E-state index is 11.9. The molecule has 0 radical (unpaired) electrons. The van der Waals surface area contributed by atoms with Gasteiger partial charge in [0.2, 0.25) is 0 Å². The number of anilines is 3. The average Bonchev–Trinajstić information content (AvgIpc) is 2.38. The van der Waals surface area contributed by atoms with Crippen molar-refractivity contribution in [1.82, 2.24) is 0 Å². The van der Waals surface area contributed by atoms with Crippen molar-refractivity contribution in [3.63, 3.8) is 0 Å². The molecule has 0 aliphatic heterocycles. The number of amides is 2. The quantitative estimate of drug-likeness (QED) is 0.648. The first-order valence-electron chi connectivity index (χ1n) is 5.54. The van der Waals surface area contributed by atoms with Crippen molar-refractivity contribution < 1.29 is 4.79 Å². The number of carbonyl (C=O) groups excluding carboxylic acids is 1. The Morgan fingerprint density at radius 1 is 1.05 bits per heavy atom. The number of benzene rings is 2. The van der Waals surface area contributed by atoms with E-state index >= 15 is 0 Å². The Bertz CT molecular complexity index is 664. The Kier molecular flexibility index (Phi) is 4.75. The third-order valence-electron chi connectivity index (χ3n) is 2.42. The maximum absolute atomic E-state index is 11.9. The maximum Gasteiger partial charge on any atom is 0.323 e. The molecule has 0 aliphatic rings. The molecule has 0 heterocycles. The summed E-state index contributed by atoms with van der Waals surface area (Å²) in [4.78, 5) is 11.9. The van der Waals surface area contributed by atoms with Crippen LogP contribution in [0.5, 0.6) is 0 Å². The van der Waals surface area contributed by atoms with E-state index in [1.54, 1.807) is 36.4 Å². The van der Waals surface area contributed by atoms with Crippen LogP contribution in [0.1, 0.15) is 0 Å². The molecule has 4 N–H and O–H groups in total. The van der Waals surface area contributed by atoms with Gasteiger partial charge in [0.05, 0.1) is 15.7 Å². The first-order chi connectivity index (χ1) is 9.45. The molecular formula is C13H10BrCl2N3O. The lowest BCUT2D eigenvalue weighted by atomic mass is 10.3. The van der Waals surface area contributed by atoms with Crippen LogP contribution in [-0.2, 0) is 0 Å². The number of nitrogens with two attached hydrogens (primary N) is 1. The highest BCUT2D eigenvalue weighted by Gasteiger charge is 2.07. The fourth-order valence-electron chi connectivity index (χ4n) is 1.50.